The van der Waals surface area contributed by atoms with Crippen molar-refractivity contribution in [1.29, 1.82) is 0 Å². The summed E-state index contributed by atoms with van der Waals surface area (Å²) in [5, 5.41) is 2.32. The molecule has 0 unspecified atom stereocenters. The quantitative estimate of drug-likeness (QED) is 0.167. The van der Waals surface area contributed by atoms with E-state index >= 15 is 0 Å². The van der Waals surface area contributed by atoms with E-state index in [1.807, 2.05) is 12.3 Å². The SMILES string of the molecule is CC(C)(C)c1cccc(-n2[c](=[Pt])n(-c3cccc(Oc4cc5c(cc4-c4ccccc4)c4ccccc4n5-c4cc(C(C)(C)C)ccn4)c3)c3ccccc32)c1. The summed E-state index contributed by atoms with van der Waals surface area (Å²) < 4.78 is 15.1. The molecule has 0 aliphatic carbocycles. The monoisotopic (exact) mass is 911 g/mol. The van der Waals surface area contributed by atoms with Gasteiger partial charge in [0.1, 0.15) is 0 Å². The molecule has 0 saturated carbocycles. The van der Waals surface area contributed by atoms with Gasteiger partial charge in [-0.2, -0.15) is 0 Å². The second-order valence-electron chi connectivity index (χ2n) is 16.5. The third kappa shape index (κ3) is 6.34. The second-order valence-corrected chi connectivity index (χ2v) is 17.6. The molecule has 0 saturated heterocycles. The van der Waals surface area contributed by atoms with Gasteiger partial charge < -0.3 is 0 Å². The molecule has 9 rings (SSSR count). The van der Waals surface area contributed by atoms with Crippen molar-refractivity contribution in [3.8, 4) is 39.8 Å². The third-order valence-corrected chi connectivity index (χ3v) is 11.7. The summed E-state index contributed by atoms with van der Waals surface area (Å²) in [5.41, 5.74) is 11.2. The fourth-order valence-electron chi connectivity index (χ4n) is 7.70. The van der Waals surface area contributed by atoms with Gasteiger partial charge in [0.05, 0.1) is 0 Å². The van der Waals surface area contributed by atoms with E-state index in [-0.39, 0.29) is 10.8 Å². The van der Waals surface area contributed by atoms with E-state index in [4.69, 9.17) is 9.72 Å². The number of fused-ring (bicyclic) bond motifs is 4. The summed E-state index contributed by atoms with van der Waals surface area (Å²) in [6.45, 7) is 13.5. The summed E-state index contributed by atoms with van der Waals surface area (Å²) in [6.07, 6.45) is 1.93. The molecular formula is C50H44N4OPt. The van der Waals surface area contributed by atoms with Crippen LogP contribution >= 0.6 is 0 Å². The second kappa shape index (κ2) is 13.8. The molecule has 0 spiro atoms. The Kier molecular flexibility index (Phi) is 8.82. The third-order valence-electron chi connectivity index (χ3n) is 10.7. The molecule has 0 atom stereocenters. The Labute approximate surface area is 338 Å². The Morgan fingerprint density at radius 2 is 1.11 bits per heavy atom. The van der Waals surface area contributed by atoms with Gasteiger partial charge in [-0.05, 0) is 17.0 Å². The number of hydrogen-bond acceptors (Lipinski definition) is 2. The van der Waals surface area contributed by atoms with Crippen LogP contribution in [0.5, 0.6) is 11.5 Å². The molecule has 0 bridgehead atoms. The Morgan fingerprint density at radius 1 is 0.500 bits per heavy atom. The Balaban J connectivity index is 1.22. The average molecular weight is 912 g/mol. The van der Waals surface area contributed by atoms with E-state index in [1.54, 1.807) is 0 Å². The summed E-state index contributed by atoms with van der Waals surface area (Å²) in [6, 6.07) is 53.9. The van der Waals surface area contributed by atoms with Crippen molar-refractivity contribution in [3.05, 3.63) is 173 Å². The number of benzene rings is 6. The molecule has 3 heterocycles. The van der Waals surface area contributed by atoms with Crippen molar-refractivity contribution >= 4 is 32.8 Å². The fourth-order valence-corrected chi connectivity index (χ4v) is 8.84. The summed E-state index contributed by atoms with van der Waals surface area (Å²) in [7, 11) is 0. The maximum absolute atomic E-state index is 7.04. The number of nitrogens with zero attached hydrogens (tertiary/aromatic N) is 4. The molecule has 3 aromatic heterocycles. The van der Waals surface area contributed by atoms with Gasteiger partial charge in [-0.25, -0.2) is 0 Å². The van der Waals surface area contributed by atoms with Crippen LogP contribution in [0.1, 0.15) is 52.7 Å². The van der Waals surface area contributed by atoms with Gasteiger partial charge in [0.25, 0.3) is 0 Å². The molecular weight excluding hydrogens is 868 g/mol. The van der Waals surface area contributed by atoms with Gasteiger partial charge in [-0.1, -0.05) is 32.9 Å². The van der Waals surface area contributed by atoms with Crippen LogP contribution in [0.25, 0.3) is 61.2 Å². The molecule has 0 aliphatic rings. The molecule has 9 aromatic rings. The van der Waals surface area contributed by atoms with Crippen molar-refractivity contribution in [3.63, 3.8) is 0 Å². The summed E-state index contributed by atoms with van der Waals surface area (Å²) in [4.78, 5) is 4.93. The van der Waals surface area contributed by atoms with E-state index in [0.717, 1.165) is 71.1 Å². The zero-order valence-corrected chi connectivity index (χ0v) is 34.8. The van der Waals surface area contributed by atoms with Gasteiger partial charge >= 0.3 is 284 Å². The molecule has 0 radical (unpaired) electrons. The van der Waals surface area contributed by atoms with E-state index in [2.05, 4.69) is 220 Å². The van der Waals surface area contributed by atoms with Crippen LogP contribution in [0.2, 0.25) is 0 Å². The van der Waals surface area contributed by atoms with Crippen LogP contribution in [0.3, 0.4) is 0 Å². The molecule has 6 heteroatoms. The first-order valence-corrected chi connectivity index (χ1v) is 20.3. The van der Waals surface area contributed by atoms with Gasteiger partial charge in [-0.15, -0.1) is 0 Å². The van der Waals surface area contributed by atoms with Crippen LogP contribution in [0.15, 0.2) is 158 Å². The van der Waals surface area contributed by atoms with E-state index in [9.17, 15) is 0 Å². The maximum atomic E-state index is 7.04. The number of imidazole rings is 1. The molecule has 6 aromatic carbocycles. The average Bonchev–Trinajstić information content (AvgIpc) is 3.68. The van der Waals surface area contributed by atoms with Gasteiger partial charge in [-0.3, -0.25) is 0 Å². The first-order valence-electron chi connectivity index (χ1n) is 19.1. The van der Waals surface area contributed by atoms with Gasteiger partial charge in [0.15, 0.2) is 0 Å². The van der Waals surface area contributed by atoms with Crippen molar-refractivity contribution in [2.75, 3.05) is 0 Å². The van der Waals surface area contributed by atoms with Gasteiger partial charge in [0, 0.05) is 6.20 Å². The first kappa shape index (κ1) is 35.9. The zero-order valence-electron chi connectivity index (χ0n) is 32.5. The molecule has 280 valence electrons. The van der Waals surface area contributed by atoms with Crippen molar-refractivity contribution < 1.29 is 24.1 Å². The van der Waals surface area contributed by atoms with Gasteiger partial charge in [0.2, 0.25) is 0 Å². The zero-order chi connectivity index (χ0) is 38.8. The van der Waals surface area contributed by atoms with Crippen LogP contribution in [0, 0.1) is 3.80 Å². The van der Waals surface area contributed by atoms with E-state index in [1.165, 1.54) is 16.5 Å². The number of para-hydroxylation sites is 3. The number of hydrogen-bond donors (Lipinski definition) is 0. The standard InChI is InChI=1S/C50H44N4O.Pt/c1-49(2,3)35-18-14-19-37(28-35)52-33-53(45-25-13-12-24-44(45)52)38-20-15-21-39(30-38)55-47-32-46-42(31-41(47)34-16-8-7-9-17-34)40-22-10-11-23-43(40)54(46)48-29-36(26-27-51-48)50(4,5)6;/h7-32H,1-6H3;. The predicted octanol–water partition coefficient (Wildman–Crippen LogP) is 13.0. The number of ether oxygens (including phenoxy) is 1. The Hall–Kier alpha value is -5.77. The van der Waals surface area contributed by atoms with Crippen LogP contribution in [-0.4, -0.2) is 18.7 Å². The number of rotatable bonds is 6. The van der Waals surface area contributed by atoms with Crippen molar-refractivity contribution in [2.24, 2.45) is 0 Å². The first-order chi connectivity index (χ1) is 27.0. The molecule has 0 fully saturated rings. The normalized spacial score (nSPS) is 12.2. The Morgan fingerprint density at radius 3 is 1.80 bits per heavy atom. The minimum atomic E-state index is -0.0190. The topological polar surface area (TPSA) is 36.9 Å². The number of pyridine rings is 1. The summed E-state index contributed by atoms with van der Waals surface area (Å²) in [5.74, 6) is 2.42. The fraction of sp³-hybridized carbons (Fsp3) is 0.160. The molecule has 56 heavy (non-hydrogen) atoms. The van der Waals surface area contributed by atoms with Crippen LogP contribution in [0.4, 0.5) is 0 Å². The van der Waals surface area contributed by atoms with E-state index in [0.29, 0.717) is 0 Å². The predicted molar refractivity (Wildman–Crippen MR) is 227 cm³/mol. The molecule has 0 aliphatic heterocycles. The van der Waals surface area contributed by atoms with Crippen LogP contribution in [-0.2, 0) is 30.2 Å². The molecule has 5 nitrogen and oxygen atoms in total. The van der Waals surface area contributed by atoms with Crippen LogP contribution < -0.4 is 4.74 Å². The molecule has 0 N–H and O–H groups in total. The van der Waals surface area contributed by atoms with Crippen molar-refractivity contribution in [1.82, 2.24) is 18.7 Å². The number of aromatic nitrogens is 4. The van der Waals surface area contributed by atoms with Crippen molar-refractivity contribution in [2.45, 2.75) is 52.4 Å². The Bertz CT molecular complexity index is 2990. The summed E-state index contributed by atoms with van der Waals surface area (Å²) >= 11 is 2.47. The molecule has 0 amide bonds. The van der Waals surface area contributed by atoms with E-state index < -0.39 is 0 Å². The minimum absolute atomic E-state index is 0.0190.